The molecule has 4 nitrogen and oxygen atoms in total. The second-order valence-electron chi connectivity index (χ2n) is 4.70. The Bertz CT molecular complexity index is 741. The highest BCUT2D eigenvalue weighted by molar-refractivity contribution is 8.00. The smallest absolute Gasteiger partial charge is 0.234 e. The van der Waals surface area contributed by atoms with Crippen LogP contribution in [0.25, 0.3) is 0 Å². The van der Waals surface area contributed by atoms with Crippen LogP contribution >= 0.6 is 35.0 Å². The van der Waals surface area contributed by atoms with Gasteiger partial charge in [0.05, 0.1) is 22.2 Å². The Morgan fingerprint density at radius 1 is 0.958 bits per heavy atom. The number of nitrogens with one attached hydrogen (secondary N) is 2. The van der Waals surface area contributed by atoms with Crippen molar-refractivity contribution in [3.8, 4) is 0 Å². The lowest BCUT2D eigenvalue weighted by Crippen LogP contribution is -2.19. The second-order valence-corrected chi connectivity index (χ2v) is 6.53. The standard InChI is InChI=1S/C16H13Cl2FN2O2S/c17-10-4-6-11(7-5-10)20-14(22)8-24-9-15(23)21-13-3-1-2-12(18)16(13)19/h1-7H,8-9H2,(H,20,22)(H,21,23). The molecule has 2 amide bonds. The second kappa shape index (κ2) is 8.92. The molecule has 24 heavy (non-hydrogen) atoms. The van der Waals surface area contributed by atoms with Crippen LogP contribution in [0.15, 0.2) is 42.5 Å². The van der Waals surface area contributed by atoms with Gasteiger partial charge in [-0.25, -0.2) is 4.39 Å². The Hall–Kier alpha value is -1.76. The number of carbonyl (C=O) groups excluding carboxylic acids is 2. The minimum absolute atomic E-state index is 0.0127. The highest BCUT2D eigenvalue weighted by Gasteiger charge is 2.10. The van der Waals surface area contributed by atoms with Crippen molar-refractivity contribution in [1.29, 1.82) is 0 Å². The van der Waals surface area contributed by atoms with E-state index in [1.807, 2.05) is 0 Å². The van der Waals surface area contributed by atoms with Gasteiger partial charge in [-0.1, -0.05) is 29.3 Å². The highest BCUT2D eigenvalue weighted by atomic mass is 35.5. The fourth-order valence-corrected chi connectivity index (χ4v) is 2.67. The van der Waals surface area contributed by atoms with Crippen molar-refractivity contribution in [2.75, 3.05) is 22.1 Å². The van der Waals surface area contributed by atoms with Crippen LogP contribution in [0.2, 0.25) is 10.0 Å². The fourth-order valence-electron chi connectivity index (χ4n) is 1.75. The van der Waals surface area contributed by atoms with Crippen LogP contribution in [0.5, 0.6) is 0 Å². The summed E-state index contributed by atoms with van der Waals surface area (Å²) in [7, 11) is 0. The van der Waals surface area contributed by atoms with Crippen molar-refractivity contribution in [3.63, 3.8) is 0 Å². The number of hydrogen-bond acceptors (Lipinski definition) is 3. The zero-order valence-corrected chi connectivity index (χ0v) is 14.6. The molecule has 2 rings (SSSR count). The number of hydrogen-bond donors (Lipinski definition) is 2. The maximum Gasteiger partial charge on any atom is 0.234 e. The third-order valence-corrected chi connectivity index (χ3v) is 4.30. The van der Waals surface area contributed by atoms with Gasteiger partial charge < -0.3 is 10.6 Å². The van der Waals surface area contributed by atoms with Gasteiger partial charge in [0.15, 0.2) is 5.82 Å². The third kappa shape index (κ3) is 5.70. The van der Waals surface area contributed by atoms with Crippen LogP contribution in [0.3, 0.4) is 0 Å². The van der Waals surface area contributed by atoms with E-state index in [1.165, 1.54) is 18.2 Å². The van der Waals surface area contributed by atoms with Gasteiger partial charge in [0, 0.05) is 10.7 Å². The van der Waals surface area contributed by atoms with Gasteiger partial charge in [0.25, 0.3) is 0 Å². The molecular formula is C16H13Cl2FN2O2S. The van der Waals surface area contributed by atoms with Crippen molar-refractivity contribution in [2.45, 2.75) is 0 Å². The van der Waals surface area contributed by atoms with E-state index in [0.717, 1.165) is 11.8 Å². The van der Waals surface area contributed by atoms with Crippen LogP contribution in [0.4, 0.5) is 15.8 Å². The third-order valence-electron chi connectivity index (χ3n) is 2.82. The molecular weight excluding hydrogens is 374 g/mol. The molecule has 0 atom stereocenters. The van der Waals surface area contributed by atoms with Crippen molar-refractivity contribution in [3.05, 3.63) is 58.3 Å². The zero-order valence-electron chi connectivity index (χ0n) is 12.3. The molecule has 0 aliphatic heterocycles. The molecule has 0 heterocycles. The number of thioether (sulfide) groups is 1. The lowest BCUT2D eigenvalue weighted by molar-refractivity contribution is -0.114. The minimum Gasteiger partial charge on any atom is -0.325 e. The lowest BCUT2D eigenvalue weighted by atomic mass is 10.3. The number of carbonyl (C=O) groups is 2. The summed E-state index contributed by atoms with van der Waals surface area (Å²) >= 11 is 12.5. The molecule has 0 bridgehead atoms. The van der Waals surface area contributed by atoms with E-state index in [9.17, 15) is 14.0 Å². The van der Waals surface area contributed by atoms with Gasteiger partial charge in [0.2, 0.25) is 11.8 Å². The number of benzene rings is 2. The number of halogens is 3. The molecule has 0 aliphatic carbocycles. The maximum atomic E-state index is 13.7. The molecule has 2 N–H and O–H groups in total. The fraction of sp³-hybridized carbons (Fsp3) is 0.125. The zero-order chi connectivity index (χ0) is 17.5. The number of rotatable bonds is 6. The van der Waals surface area contributed by atoms with E-state index in [1.54, 1.807) is 24.3 Å². The van der Waals surface area contributed by atoms with E-state index in [0.29, 0.717) is 10.7 Å². The molecule has 0 saturated heterocycles. The molecule has 0 radical (unpaired) electrons. The number of anilines is 2. The average Bonchev–Trinajstić information content (AvgIpc) is 2.54. The summed E-state index contributed by atoms with van der Waals surface area (Å²) in [4.78, 5) is 23.5. The quantitative estimate of drug-likeness (QED) is 0.771. The van der Waals surface area contributed by atoms with E-state index in [4.69, 9.17) is 23.2 Å². The molecule has 0 aromatic heterocycles. The molecule has 0 spiro atoms. The van der Waals surface area contributed by atoms with Crippen LogP contribution < -0.4 is 10.6 Å². The molecule has 126 valence electrons. The molecule has 8 heteroatoms. The number of amides is 2. The first-order valence-corrected chi connectivity index (χ1v) is 8.74. The Labute approximate surface area is 152 Å². The molecule has 0 saturated carbocycles. The van der Waals surface area contributed by atoms with Gasteiger partial charge >= 0.3 is 0 Å². The van der Waals surface area contributed by atoms with Crippen molar-refractivity contribution in [2.24, 2.45) is 0 Å². The SMILES string of the molecule is O=C(CSCC(=O)Nc1cccc(Cl)c1F)Nc1ccc(Cl)cc1. The van der Waals surface area contributed by atoms with Crippen LogP contribution in [0, 0.1) is 5.82 Å². The Morgan fingerprint density at radius 3 is 2.25 bits per heavy atom. The van der Waals surface area contributed by atoms with Gasteiger partial charge in [-0.15, -0.1) is 11.8 Å². The maximum absolute atomic E-state index is 13.7. The first-order chi connectivity index (χ1) is 11.5. The van der Waals surface area contributed by atoms with Crippen LogP contribution in [-0.2, 0) is 9.59 Å². The first-order valence-electron chi connectivity index (χ1n) is 6.83. The summed E-state index contributed by atoms with van der Waals surface area (Å²) in [6.07, 6.45) is 0. The summed E-state index contributed by atoms with van der Waals surface area (Å²) < 4.78 is 13.7. The van der Waals surface area contributed by atoms with Crippen molar-refractivity contribution < 1.29 is 14.0 Å². The van der Waals surface area contributed by atoms with Crippen LogP contribution in [-0.4, -0.2) is 23.3 Å². The predicted molar refractivity (Wildman–Crippen MR) is 97.4 cm³/mol. The predicted octanol–water partition coefficient (Wildman–Crippen LogP) is 4.44. The average molecular weight is 387 g/mol. The Kier molecular flexibility index (Phi) is 6.90. The summed E-state index contributed by atoms with van der Waals surface area (Å²) in [5.74, 6) is -1.24. The van der Waals surface area contributed by atoms with Crippen LogP contribution in [0.1, 0.15) is 0 Å². The lowest BCUT2D eigenvalue weighted by Gasteiger charge is -2.07. The monoisotopic (exact) mass is 386 g/mol. The molecule has 0 fully saturated rings. The van der Waals surface area contributed by atoms with Gasteiger partial charge in [-0.3, -0.25) is 9.59 Å². The van der Waals surface area contributed by atoms with Crippen molar-refractivity contribution in [1.82, 2.24) is 0 Å². The molecule has 0 aliphatic rings. The minimum atomic E-state index is -0.682. The summed E-state index contributed by atoms with van der Waals surface area (Å²) in [6, 6.07) is 11.0. The topological polar surface area (TPSA) is 58.2 Å². The summed E-state index contributed by atoms with van der Waals surface area (Å²) in [5, 5.41) is 5.61. The molecule has 0 unspecified atom stereocenters. The Morgan fingerprint density at radius 2 is 1.58 bits per heavy atom. The van der Waals surface area contributed by atoms with E-state index >= 15 is 0 Å². The summed E-state index contributed by atoms with van der Waals surface area (Å²) in [5.41, 5.74) is 0.633. The largest absolute Gasteiger partial charge is 0.325 e. The molecule has 2 aromatic carbocycles. The highest BCUT2D eigenvalue weighted by Crippen LogP contribution is 2.22. The van der Waals surface area contributed by atoms with E-state index in [-0.39, 0.29) is 28.1 Å². The molecule has 2 aromatic rings. The summed E-state index contributed by atoms with van der Waals surface area (Å²) in [6.45, 7) is 0. The van der Waals surface area contributed by atoms with Gasteiger partial charge in [0.1, 0.15) is 0 Å². The van der Waals surface area contributed by atoms with Gasteiger partial charge in [-0.05, 0) is 36.4 Å². The van der Waals surface area contributed by atoms with Gasteiger partial charge in [-0.2, -0.15) is 0 Å². The Balaban J connectivity index is 1.75. The van der Waals surface area contributed by atoms with E-state index in [2.05, 4.69) is 10.6 Å². The van der Waals surface area contributed by atoms with Crippen molar-refractivity contribution >= 4 is 58.2 Å². The first kappa shape index (κ1) is 18.6. The van der Waals surface area contributed by atoms with E-state index < -0.39 is 11.7 Å². The normalized spacial score (nSPS) is 10.3.